The Balaban J connectivity index is 2.85. The smallest absolute Gasteiger partial charge is 0.372 e. The van der Waals surface area contributed by atoms with Crippen molar-refractivity contribution in [3.05, 3.63) is 11.8 Å². The first kappa shape index (κ1) is 12.5. The van der Waals surface area contributed by atoms with Crippen LogP contribution in [-0.2, 0) is 19.1 Å². The first-order chi connectivity index (χ1) is 7.36. The Hall–Kier alpha value is -1.52. The van der Waals surface area contributed by atoms with Gasteiger partial charge < -0.3 is 14.6 Å². The number of allylic oxidation sites excluding steroid dienone is 1. The Morgan fingerprint density at radius 1 is 1.25 bits per heavy atom. The number of carbonyl (C=O) groups is 2. The fourth-order valence-corrected chi connectivity index (χ4v) is 1.94. The summed E-state index contributed by atoms with van der Waals surface area (Å²) in [7, 11) is 2.61. The standard InChI is InChI=1S/C11H16O5/c1-11(2)6(8(11)9(12)13)5-7(15-3)10(14)16-4/h5-6,8H,1-4H3,(H,12,13). The van der Waals surface area contributed by atoms with Crippen LogP contribution in [0.15, 0.2) is 11.8 Å². The maximum absolute atomic E-state index is 11.2. The summed E-state index contributed by atoms with van der Waals surface area (Å²) < 4.78 is 9.38. The average Bonchev–Trinajstić information content (AvgIpc) is 2.75. The molecule has 0 radical (unpaired) electrons. The highest BCUT2D eigenvalue weighted by atomic mass is 16.6. The predicted molar refractivity (Wildman–Crippen MR) is 55.5 cm³/mol. The molecule has 0 aromatic heterocycles. The molecule has 5 nitrogen and oxygen atoms in total. The summed E-state index contributed by atoms with van der Waals surface area (Å²) in [5, 5.41) is 8.95. The summed E-state index contributed by atoms with van der Waals surface area (Å²) in [4.78, 5) is 22.1. The number of methoxy groups -OCH3 is 2. The van der Waals surface area contributed by atoms with E-state index in [4.69, 9.17) is 9.84 Å². The molecule has 0 aliphatic heterocycles. The zero-order valence-electron chi connectivity index (χ0n) is 9.81. The number of hydrogen-bond donors (Lipinski definition) is 1. The van der Waals surface area contributed by atoms with E-state index in [1.54, 1.807) is 0 Å². The lowest BCUT2D eigenvalue weighted by molar-refractivity contribution is -0.140. The Labute approximate surface area is 94.0 Å². The maximum Gasteiger partial charge on any atom is 0.372 e. The highest BCUT2D eigenvalue weighted by Gasteiger charge is 2.61. The van der Waals surface area contributed by atoms with Gasteiger partial charge in [-0.1, -0.05) is 13.8 Å². The summed E-state index contributed by atoms with van der Waals surface area (Å²) in [6.07, 6.45) is 1.53. The van der Waals surface area contributed by atoms with Crippen molar-refractivity contribution < 1.29 is 24.2 Å². The number of carboxylic acids is 1. The van der Waals surface area contributed by atoms with Gasteiger partial charge in [0.15, 0.2) is 0 Å². The molecule has 1 fully saturated rings. The van der Waals surface area contributed by atoms with Crippen LogP contribution in [0.4, 0.5) is 0 Å². The van der Waals surface area contributed by atoms with Crippen molar-refractivity contribution in [3.63, 3.8) is 0 Å². The molecule has 0 aromatic carbocycles. The number of aliphatic carboxylic acids is 1. The van der Waals surface area contributed by atoms with Gasteiger partial charge in [0, 0.05) is 5.92 Å². The second-order valence-corrected chi connectivity index (χ2v) is 4.39. The maximum atomic E-state index is 11.2. The van der Waals surface area contributed by atoms with E-state index in [9.17, 15) is 9.59 Å². The second kappa shape index (κ2) is 4.15. The van der Waals surface area contributed by atoms with Gasteiger partial charge in [0.05, 0.1) is 20.1 Å². The topological polar surface area (TPSA) is 72.8 Å². The van der Waals surface area contributed by atoms with Crippen LogP contribution >= 0.6 is 0 Å². The van der Waals surface area contributed by atoms with E-state index in [2.05, 4.69) is 4.74 Å². The Morgan fingerprint density at radius 2 is 1.81 bits per heavy atom. The molecule has 2 atom stereocenters. The summed E-state index contributed by atoms with van der Waals surface area (Å²) in [5.74, 6) is -2.05. The fourth-order valence-electron chi connectivity index (χ4n) is 1.94. The van der Waals surface area contributed by atoms with Crippen LogP contribution in [0.5, 0.6) is 0 Å². The molecule has 0 heterocycles. The van der Waals surface area contributed by atoms with Gasteiger partial charge in [0.2, 0.25) is 5.76 Å². The van der Waals surface area contributed by atoms with Crippen molar-refractivity contribution in [3.8, 4) is 0 Å². The van der Waals surface area contributed by atoms with Gasteiger partial charge in [0.1, 0.15) is 0 Å². The molecule has 1 aliphatic rings. The Bertz CT molecular complexity index is 342. The van der Waals surface area contributed by atoms with E-state index < -0.39 is 17.9 Å². The van der Waals surface area contributed by atoms with Crippen LogP contribution < -0.4 is 0 Å². The number of esters is 1. The summed E-state index contributed by atoms with van der Waals surface area (Å²) in [5.41, 5.74) is -0.344. The Morgan fingerprint density at radius 3 is 2.12 bits per heavy atom. The van der Waals surface area contributed by atoms with Gasteiger partial charge in [-0.15, -0.1) is 0 Å². The van der Waals surface area contributed by atoms with Crippen LogP contribution in [-0.4, -0.2) is 31.3 Å². The van der Waals surface area contributed by atoms with Crippen molar-refractivity contribution >= 4 is 11.9 Å². The third-order valence-corrected chi connectivity index (χ3v) is 3.11. The highest BCUT2D eigenvalue weighted by molar-refractivity contribution is 5.86. The van der Waals surface area contributed by atoms with Crippen LogP contribution in [0, 0.1) is 17.3 Å². The van der Waals surface area contributed by atoms with Gasteiger partial charge in [-0.2, -0.15) is 0 Å². The van der Waals surface area contributed by atoms with E-state index in [-0.39, 0.29) is 17.1 Å². The van der Waals surface area contributed by atoms with Crippen molar-refractivity contribution in [2.24, 2.45) is 17.3 Å². The number of hydrogen-bond acceptors (Lipinski definition) is 4. The normalized spacial score (nSPS) is 27.1. The van der Waals surface area contributed by atoms with Gasteiger partial charge >= 0.3 is 11.9 Å². The minimum Gasteiger partial charge on any atom is -0.490 e. The third-order valence-electron chi connectivity index (χ3n) is 3.11. The lowest BCUT2D eigenvalue weighted by Crippen LogP contribution is -2.07. The zero-order valence-corrected chi connectivity index (χ0v) is 9.81. The minimum absolute atomic E-state index is 0.0596. The largest absolute Gasteiger partial charge is 0.490 e. The number of carbonyl (C=O) groups excluding carboxylic acids is 1. The van der Waals surface area contributed by atoms with E-state index in [1.165, 1.54) is 20.3 Å². The number of ether oxygens (including phenoxy) is 2. The molecule has 0 saturated heterocycles. The highest BCUT2D eigenvalue weighted by Crippen LogP contribution is 2.59. The second-order valence-electron chi connectivity index (χ2n) is 4.39. The average molecular weight is 228 g/mol. The molecule has 1 rings (SSSR count). The van der Waals surface area contributed by atoms with Crippen LogP contribution in [0.2, 0.25) is 0 Å². The first-order valence-corrected chi connectivity index (χ1v) is 4.93. The van der Waals surface area contributed by atoms with E-state index >= 15 is 0 Å². The monoisotopic (exact) mass is 228 g/mol. The van der Waals surface area contributed by atoms with Gasteiger partial charge in [-0.3, -0.25) is 4.79 Å². The number of rotatable bonds is 4. The lowest BCUT2D eigenvalue weighted by atomic mass is 10.1. The van der Waals surface area contributed by atoms with Crippen molar-refractivity contribution in [2.45, 2.75) is 13.8 Å². The van der Waals surface area contributed by atoms with Gasteiger partial charge in [-0.05, 0) is 11.5 Å². The molecule has 0 aromatic rings. The third kappa shape index (κ3) is 2.03. The molecular weight excluding hydrogens is 212 g/mol. The van der Waals surface area contributed by atoms with Gasteiger partial charge in [0.25, 0.3) is 0 Å². The van der Waals surface area contributed by atoms with Crippen LogP contribution in [0.1, 0.15) is 13.8 Å². The molecule has 1 saturated carbocycles. The van der Waals surface area contributed by atoms with Crippen molar-refractivity contribution in [1.82, 2.24) is 0 Å². The van der Waals surface area contributed by atoms with E-state index in [0.717, 1.165) is 0 Å². The molecule has 0 spiro atoms. The van der Waals surface area contributed by atoms with E-state index in [1.807, 2.05) is 13.8 Å². The molecule has 1 N–H and O–H groups in total. The van der Waals surface area contributed by atoms with Crippen LogP contribution in [0.3, 0.4) is 0 Å². The lowest BCUT2D eigenvalue weighted by Gasteiger charge is -2.03. The fraction of sp³-hybridized carbons (Fsp3) is 0.636. The zero-order chi connectivity index (χ0) is 12.5. The van der Waals surface area contributed by atoms with Gasteiger partial charge in [-0.25, -0.2) is 4.79 Å². The molecular formula is C11H16O5. The Kier molecular flexibility index (Phi) is 3.26. The summed E-state index contributed by atoms with van der Waals surface area (Å²) in [6.45, 7) is 3.69. The summed E-state index contributed by atoms with van der Waals surface area (Å²) in [6, 6.07) is 0. The van der Waals surface area contributed by atoms with E-state index in [0.29, 0.717) is 0 Å². The molecule has 2 unspecified atom stereocenters. The predicted octanol–water partition coefficient (Wildman–Crippen LogP) is 1.05. The SMILES string of the molecule is COC(=O)C(=CC1C(C(=O)O)C1(C)C)OC. The first-order valence-electron chi connectivity index (χ1n) is 4.93. The molecule has 16 heavy (non-hydrogen) atoms. The van der Waals surface area contributed by atoms with Crippen molar-refractivity contribution in [1.29, 1.82) is 0 Å². The molecule has 1 aliphatic carbocycles. The summed E-state index contributed by atoms with van der Waals surface area (Å²) >= 11 is 0. The molecule has 0 amide bonds. The molecule has 90 valence electrons. The molecule has 5 heteroatoms. The van der Waals surface area contributed by atoms with Crippen LogP contribution in [0.25, 0.3) is 0 Å². The number of carboxylic acid groups (broad SMARTS) is 1. The van der Waals surface area contributed by atoms with Crippen molar-refractivity contribution in [2.75, 3.05) is 14.2 Å². The minimum atomic E-state index is -0.855. The molecule has 0 bridgehead atoms. The quantitative estimate of drug-likeness (QED) is 0.442.